The summed E-state index contributed by atoms with van der Waals surface area (Å²) in [7, 11) is 0. The summed E-state index contributed by atoms with van der Waals surface area (Å²) in [4.78, 5) is 29.0. The average molecular weight is 498 g/mol. The molecule has 0 bridgehead atoms. The number of aromatic nitrogens is 3. The van der Waals surface area contributed by atoms with Crippen molar-refractivity contribution in [3.05, 3.63) is 95.2 Å². The van der Waals surface area contributed by atoms with Gasteiger partial charge in [0.05, 0.1) is 17.8 Å². The fourth-order valence-corrected chi connectivity index (χ4v) is 4.30. The first-order chi connectivity index (χ1) is 17.5. The number of carbonyl (C=O) groups excluding carboxylic acids is 2. The molecule has 0 fully saturated rings. The second-order valence-corrected chi connectivity index (χ2v) is 9.06. The summed E-state index contributed by atoms with van der Waals surface area (Å²) in [6.45, 7) is 3.78. The highest BCUT2D eigenvalue weighted by molar-refractivity contribution is 7.14. The zero-order valence-electron chi connectivity index (χ0n) is 19.7. The molecule has 0 radical (unpaired) electrons. The average Bonchev–Trinajstić information content (AvgIpc) is 3.63. The molecule has 180 valence electrons. The molecule has 8 nitrogen and oxygen atoms in total. The Bertz CT molecular complexity index is 1520. The van der Waals surface area contributed by atoms with Gasteiger partial charge in [0.15, 0.2) is 10.9 Å². The van der Waals surface area contributed by atoms with Crippen LogP contribution in [0.25, 0.3) is 28.4 Å². The molecule has 0 aliphatic heterocycles. The largest absolute Gasteiger partial charge is 0.458 e. The molecule has 36 heavy (non-hydrogen) atoms. The van der Waals surface area contributed by atoms with E-state index in [4.69, 9.17) is 9.52 Å². The third-order valence-electron chi connectivity index (χ3n) is 5.45. The highest BCUT2D eigenvalue weighted by Gasteiger charge is 2.20. The maximum Gasteiger partial charge on any atom is 0.261 e. The molecule has 0 unspecified atom stereocenters. The number of hydrogen-bond donors (Lipinski definition) is 2. The van der Waals surface area contributed by atoms with Gasteiger partial charge < -0.3 is 9.73 Å². The van der Waals surface area contributed by atoms with Crippen LogP contribution in [0.4, 0.5) is 5.13 Å². The van der Waals surface area contributed by atoms with Gasteiger partial charge in [-0.25, -0.2) is 9.67 Å². The Kier molecular flexibility index (Phi) is 6.46. The summed E-state index contributed by atoms with van der Waals surface area (Å²) in [6.07, 6.45) is 1.73. The predicted molar refractivity (Wildman–Crippen MR) is 139 cm³/mol. The number of furan rings is 1. The van der Waals surface area contributed by atoms with Crippen molar-refractivity contribution in [1.29, 1.82) is 0 Å². The summed E-state index contributed by atoms with van der Waals surface area (Å²) in [6, 6.07) is 21.1. The van der Waals surface area contributed by atoms with E-state index in [1.807, 2.05) is 66.9 Å². The van der Waals surface area contributed by atoms with Crippen LogP contribution >= 0.6 is 11.3 Å². The summed E-state index contributed by atoms with van der Waals surface area (Å²) in [5, 5.41) is 12.6. The summed E-state index contributed by atoms with van der Waals surface area (Å²) in [5.41, 5.74) is 4.47. The third-order valence-corrected chi connectivity index (χ3v) is 6.21. The van der Waals surface area contributed by atoms with Crippen molar-refractivity contribution in [2.24, 2.45) is 0 Å². The molecular formula is C27H23N5O3S. The van der Waals surface area contributed by atoms with Crippen molar-refractivity contribution >= 4 is 28.3 Å². The Balaban J connectivity index is 1.39. The zero-order valence-corrected chi connectivity index (χ0v) is 20.5. The van der Waals surface area contributed by atoms with E-state index in [1.165, 1.54) is 18.3 Å². The standard InChI is InChI=1S/C27H23N5O3S/c1-17-8-10-20(11-9-17)32-15-22(25(31-32)19-6-4-3-5-7-19)26(34)30-27-29-23(16-36-27)24-13-12-21(35-24)14-28-18(2)33/h3-13,15-16H,14H2,1-2H3,(H,28,33)(H,29,30,34). The van der Waals surface area contributed by atoms with Gasteiger partial charge in [-0.2, -0.15) is 5.10 Å². The summed E-state index contributed by atoms with van der Waals surface area (Å²) in [5.74, 6) is 0.741. The van der Waals surface area contributed by atoms with Gasteiger partial charge in [-0.15, -0.1) is 11.3 Å². The van der Waals surface area contributed by atoms with E-state index >= 15 is 0 Å². The first-order valence-corrected chi connectivity index (χ1v) is 12.2. The highest BCUT2D eigenvalue weighted by Crippen LogP contribution is 2.29. The van der Waals surface area contributed by atoms with Gasteiger partial charge in [0.25, 0.3) is 5.91 Å². The zero-order chi connectivity index (χ0) is 25.1. The maximum atomic E-state index is 13.3. The van der Waals surface area contributed by atoms with Gasteiger partial charge in [0.2, 0.25) is 5.91 Å². The fraction of sp³-hybridized carbons (Fsp3) is 0.111. The van der Waals surface area contributed by atoms with Gasteiger partial charge in [0.1, 0.15) is 17.1 Å². The number of carbonyl (C=O) groups is 2. The Morgan fingerprint density at radius 2 is 1.81 bits per heavy atom. The van der Waals surface area contributed by atoms with E-state index in [0.29, 0.717) is 40.1 Å². The second kappa shape index (κ2) is 10.0. The summed E-state index contributed by atoms with van der Waals surface area (Å²) >= 11 is 1.30. The molecule has 0 aliphatic carbocycles. The van der Waals surface area contributed by atoms with Crippen LogP contribution in [0, 0.1) is 6.92 Å². The number of benzene rings is 2. The van der Waals surface area contributed by atoms with E-state index < -0.39 is 0 Å². The van der Waals surface area contributed by atoms with Crippen molar-refractivity contribution in [2.45, 2.75) is 20.4 Å². The van der Waals surface area contributed by atoms with E-state index in [1.54, 1.807) is 23.0 Å². The first-order valence-electron chi connectivity index (χ1n) is 11.3. The normalized spacial score (nSPS) is 10.8. The minimum atomic E-state index is -0.307. The number of amides is 2. The minimum absolute atomic E-state index is 0.132. The van der Waals surface area contributed by atoms with Crippen LogP contribution in [-0.4, -0.2) is 26.6 Å². The van der Waals surface area contributed by atoms with Crippen LogP contribution < -0.4 is 10.6 Å². The number of aryl methyl sites for hydroxylation is 1. The van der Waals surface area contributed by atoms with Gasteiger partial charge >= 0.3 is 0 Å². The van der Waals surface area contributed by atoms with Crippen molar-refractivity contribution in [3.63, 3.8) is 0 Å². The molecule has 0 saturated carbocycles. The molecule has 5 aromatic rings. The molecule has 0 spiro atoms. The molecule has 9 heteroatoms. The number of nitrogens with zero attached hydrogens (tertiary/aromatic N) is 3. The van der Waals surface area contributed by atoms with E-state index in [9.17, 15) is 9.59 Å². The van der Waals surface area contributed by atoms with Gasteiger partial charge in [-0.1, -0.05) is 48.0 Å². The molecule has 0 saturated heterocycles. The van der Waals surface area contributed by atoms with Crippen LogP contribution in [-0.2, 0) is 11.3 Å². The second-order valence-electron chi connectivity index (χ2n) is 8.21. The maximum absolute atomic E-state index is 13.3. The lowest BCUT2D eigenvalue weighted by Crippen LogP contribution is -2.18. The lowest BCUT2D eigenvalue weighted by atomic mass is 10.1. The van der Waals surface area contributed by atoms with Crippen LogP contribution in [0.2, 0.25) is 0 Å². The molecule has 3 heterocycles. The van der Waals surface area contributed by atoms with E-state index in [0.717, 1.165) is 16.8 Å². The quantitative estimate of drug-likeness (QED) is 0.311. The number of nitrogens with one attached hydrogen (secondary N) is 2. The van der Waals surface area contributed by atoms with E-state index in [2.05, 4.69) is 15.6 Å². The van der Waals surface area contributed by atoms with Crippen LogP contribution in [0.5, 0.6) is 0 Å². The lowest BCUT2D eigenvalue weighted by molar-refractivity contribution is -0.119. The Labute approximate surface area is 211 Å². The monoisotopic (exact) mass is 497 g/mol. The SMILES string of the molecule is CC(=O)NCc1ccc(-c2csc(NC(=O)c3cn(-c4ccc(C)cc4)nc3-c3ccccc3)n2)o1. The first kappa shape index (κ1) is 23.3. The smallest absolute Gasteiger partial charge is 0.261 e. The summed E-state index contributed by atoms with van der Waals surface area (Å²) < 4.78 is 7.48. The number of thiazole rings is 1. The minimum Gasteiger partial charge on any atom is -0.458 e. The lowest BCUT2D eigenvalue weighted by Gasteiger charge is -2.02. The Hall–Kier alpha value is -4.50. The van der Waals surface area contributed by atoms with E-state index in [-0.39, 0.29) is 11.8 Å². The predicted octanol–water partition coefficient (Wildman–Crippen LogP) is 5.45. The van der Waals surface area contributed by atoms with Crippen LogP contribution in [0.1, 0.15) is 28.6 Å². The Morgan fingerprint density at radius 3 is 2.56 bits per heavy atom. The molecule has 2 aromatic carbocycles. The number of rotatable bonds is 7. The fourth-order valence-electron chi connectivity index (χ4n) is 3.61. The van der Waals surface area contributed by atoms with Crippen molar-refractivity contribution < 1.29 is 14.0 Å². The molecule has 2 N–H and O–H groups in total. The molecule has 0 aliphatic rings. The molecule has 3 aromatic heterocycles. The van der Waals surface area contributed by atoms with Gasteiger partial charge in [-0.05, 0) is 31.2 Å². The van der Waals surface area contributed by atoms with Crippen molar-refractivity contribution in [2.75, 3.05) is 5.32 Å². The van der Waals surface area contributed by atoms with Crippen LogP contribution in [0.15, 0.2) is 82.7 Å². The molecule has 2 amide bonds. The molecule has 0 atom stereocenters. The molecule has 5 rings (SSSR count). The van der Waals surface area contributed by atoms with Crippen molar-refractivity contribution in [3.8, 4) is 28.4 Å². The van der Waals surface area contributed by atoms with Gasteiger partial charge in [0, 0.05) is 24.1 Å². The van der Waals surface area contributed by atoms with Crippen LogP contribution in [0.3, 0.4) is 0 Å². The van der Waals surface area contributed by atoms with Gasteiger partial charge in [-0.3, -0.25) is 14.9 Å². The highest BCUT2D eigenvalue weighted by atomic mass is 32.1. The third kappa shape index (κ3) is 5.11. The Morgan fingerprint density at radius 1 is 1.03 bits per heavy atom. The molecular weight excluding hydrogens is 474 g/mol. The topological polar surface area (TPSA) is 102 Å². The van der Waals surface area contributed by atoms with Crippen molar-refractivity contribution in [1.82, 2.24) is 20.1 Å². The number of anilines is 1. The number of hydrogen-bond acceptors (Lipinski definition) is 6.